The third-order valence-electron chi connectivity index (χ3n) is 4.73. The van der Waals surface area contributed by atoms with Crippen LogP contribution < -0.4 is 5.32 Å². The highest BCUT2D eigenvalue weighted by Crippen LogP contribution is 2.34. The van der Waals surface area contributed by atoms with E-state index >= 15 is 0 Å². The maximum Gasteiger partial charge on any atom is 0.326 e. The second kappa shape index (κ2) is 7.89. The first-order valence-electron chi connectivity index (χ1n) is 8.48. The molecule has 0 fully saturated rings. The fourth-order valence-electron chi connectivity index (χ4n) is 3.37. The average Bonchev–Trinajstić information content (AvgIpc) is 2.92. The lowest BCUT2D eigenvalue weighted by Gasteiger charge is -2.21. The number of benzene rings is 2. The molecule has 2 aromatic carbocycles. The molecule has 0 bridgehead atoms. The molecule has 2 atom stereocenters. The predicted molar refractivity (Wildman–Crippen MR) is 100.0 cm³/mol. The van der Waals surface area contributed by atoms with E-state index in [4.69, 9.17) is 11.6 Å². The number of fused-ring (bicyclic) bond motifs is 1. The van der Waals surface area contributed by atoms with Gasteiger partial charge in [-0.25, -0.2) is 4.79 Å². The molecular formula is C20H21ClN2O3. The van der Waals surface area contributed by atoms with E-state index in [1.54, 1.807) is 24.3 Å². The summed E-state index contributed by atoms with van der Waals surface area (Å²) in [6, 6.07) is 14.0. The van der Waals surface area contributed by atoms with Crippen LogP contribution in [0.5, 0.6) is 0 Å². The first-order valence-corrected chi connectivity index (χ1v) is 8.86. The summed E-state index contributed by atoms with van der Waals surface area (Å²) >= 11 is 5.85. The van der Waals surface area contributed by atoms with Gasteiger partial charge >= 0.3 is 5.97 Å². The lowest BCUT2D eigenvalue weighted by molar-refractivity contribution is -0.142. The molecule has 1 aliphatic rings. The van der Waals surface area contributed by atoms with E-state index in [-0.39, 0.29) is 24.8 Å². The van der Waals surface area contributed by atoms with Crippen molar-refractivity contribution >= 4 is 23.5 Å². The molecule has 26 heavy (non-hydrogen) atoms. The number of hydrogen-bond acceptors (Lipinski definition) is 3. The number of halogens is 1. The van der Waals surface area contributed by atoms with Crippen molar-refractivity contribution in [3.8, 4) is 0 Å². The topological polar surface area (TPSA) is 69.6 Å². The Morgan fingerprint density at radius 3 is 2.62 bits per heavy atom. The molecule has 1 amide bonds. The average molecular weight is 373 g/mol. The fraction of sp³-hybridized carbons (Fsp3) is 0.300. The van der Waals surface area contributed by atoms with Crippen LogP contribution in [0, 0.1) is 0 Å². The Labute approximate surface area is 157 Å². The van der Waals surface area contributed by atoms with Crippen LogP contribution in [0.1, 0.15) is 29.2 Å². The molecule has 2 aromatic rings. The molecule has 0 radical (unpaired) electrons. The van der Waals surface area contributed by atoms with Gasteiger partial charge in [-0.05, 0) is 35.9 Å². The van der Waals surface area contributed by atoms with Crippen LogP contribution in [0.25, 0.3) is 0 Å². The molecule has 2 N–H and O–H groups in total. The van der Waals surface area contributed by atoms with Crippen molar-refractivity contribution in [2.45, 2.75) is 31.5 Å². The van der Waals surface area contributed by atoms with Crippen molar-refractivity contribution < 1.29 is 14.7 Å². The summed E-state index contributed by atoms with van der Waals surface area (Å²) in [6.45, 7) is 0.793. The fourth-order valence-corrected chi connectivity index (χ4v) is 3.50. The highest BCUT2D eigenvalue weighted by molar-refractivity contribution is 6.30. The minimum absolute atomic E-state index is 0.0313. The van der Waals surface area contributed by atoms with E-state index in [1.807, 2.05) is 25.2 Å². The molecule has 5 nitrogen and oxygen atoms in total. The maximum absolute atomic E-state index is 12.5. The van der Waals surface area contributed by atoms with Crippen LogP contribution in [0.4, 0.5) is 0 Å². The predicted octanol–water partition coefficient (Wildman–Crippen LogP) is 3.03. The second-order valence-electron chi connectivity index (χ2n) is 6.62. The molecule has 6 heteroatoms. The summed E-state index contributed by atoms with van der Waals surface area (Å²) in [6.07, 6.45) is 0.452. The Morgan fingerprint density at radius 1 is 1.23 bits per heavy atom. The number of hydrogen-bond donors (Lipinski definition) is 2. The zero-order chi connectivity index (χ0) is 18.7. The van der Waals surface area contributed by atoms with Gasteiger partial charge in [-0.15, -0.1) is 0 Å². The van der Waals surface area contributed by atoms with Gasteiger partial charge in [-0.1, -0.05) is 48.0 Å². The Kier molecular flexibility index (Phi) is 5.59. The Balaban J connectivity index is 1.65. The number of amides is 1. The van der Waals surface area contributed by atoms with Crippen LogP contribution in [-0.2, 0) is 22.6 Å². The number of carboxylic acids is 1. The SMILES string of the molecule is CN1Cc2ccccc2C1CC(=O)N[C@H](Cc1ccc(Cl)cc1)C(=O)O. The first-order chi connectivity index (χ1) is 12.4. The van der Waals surface area contributed by atoms with E-state index in [9.17, 15) is 14.7 Å². The molecule has 0 spiro atoms. The van der Waals surface area contributed by atoms with Gasteiger partial charge < -0.3 is 10.4 Å². The maximum atomic E-state index is 12.5. The molecule has 136 valence electrons. The number of aliphatic carboxylic acids is 1. The van der Waals surface area contributed by atoms with Gasteiger partial charge in [0.25, 0.3) is 0 Å². The van der Waals surface area contributed by atoms with E-state index in [1.165, 1.54) is 5.56 Å². The zero-order valence-electron chi connectivity index (χ0n) is 14.5. The lowest BCUT2D eigenvalue weighted by atomic mass is 10.0. The summed E-state index contributed by atoms with van der Waals surface area (Å²) in [4.78, 5) is 26.2. The molecular weight excluding hydrogens is 352 g/mol. The smallest absolute Gasteiger partial charge is 0.326 e. The molecule has 0 aliphatic carbocycles. The van der Waals surface area contributed by atoms with E-state index in [0.717, 1.165) is 17.7 Å². The van der Waals surface area contributed by atoms with Gasteiger partial charge in [0.15, 0.2) is 0 Å². The van der Waals surface area contributed by atoms with Crippen molar-refractivity contribution in [2.24, 2.45) is 0 Å². The summed E-state index contributed by atoms with van der Waals surface area (Å²) < 4.78 is 0. The van der Waals surface area contributed by atoms with Crippen LogP contribution in [-0.4, -0.2) is 35.0 Å². The van der Waals surface area contributed by atoms with Crippen LogP contribution in [0.2, 0.25) is 5.02 Å². The highest BCUT2D eigenvalue weighted by Gasteiger charge is 2.30. The number of nitrogens with zero attached hydrogens (tertiary/aromatic N) is 1. The second-order valence-corrected chi connectivity index (χ2v) is 7.06. The Hall–Kier alpha value is -2.37. The van der Waals surface area contributed by atoms with E-state index < -0.39 is 12.0 Å². The molecule has 1 aliphatic heterocycles. The number of carboxylic acid groups (broad SMARTS) is 1. The van der Waals surface area contributed by atoms with Gasteiger partial charge in [-0.2, -0.15) is 0 Å². The van der Waals surface area contributed by atoms with Crippen molar-refractivity contribution in [3.63, 3.8) is 0 Å². The van der Waals surface area contributed by atoms with Gasteiger partial charge in [0.2, 0.25) is 5.91 Å². The van der Waals surface area contributed by atoms with E-state index in [2.05, 4.69) is 16.3 Å². The molecule has 1 unspecified atom stereocenters. The Bertz CT molecular complexity index is 807. The summed E-state index contributed by atoms with van der Waals surface area (Å²) in [5.41, 5.74) is 3.16. The summed E-state index contributed by atoms with van der Waals surface area (Å²) in [7, 11) is 1.97. The van der Waals surface area contributed by atoms with Crippen LogP contribution in [0.15, 0.2) is 48.5 Å². The zero-order valence-corrected chi connectivity index (χ0v) is 15.2. The molecule has 1 heterocycles. The minimum Gasteiger partial charge on any atom is -0.480 e. The minimum atomic E-state index is -1.05. The third kappa shape index (κ3) is 4.23. The molecule has 0 aromatic heterocycles. The van der Waals surface area contributed by atoms with Gasteiger partial charge in [-0.3, -0.25) is 9.69 Å². The van der Waals surface area contributed by atoms with Gasteiger partial charge in [0.1, 0.15) is 6.04 Å². The van der Waals surface area contributed by atoms with Crippen molar-refractivity contribution in [1.29, 1.82) is 0 Å². The number of carbonyl (C=O) groups excluding carboxylic acids is 1. The van der Waals surface area contributed by atoms with Crippen molar-refractivity contribution in [2.75, 3.05) is 7.05 Å². The standard InChI is InChI=1S/C20H21ClN2O3/c1-23-12-14-4-2-3-5-16(14)18(23)11-19(24)22-17(20(25)26)10-13-6-8-15(21)9-7-13/h2-9,17-18H,10-12H2,1H3,(H,22,24)(H,25,26)/t17-,18?/m1/s1. The monoisotopic (exact) mass is 372 g/mol. The van der Waals surface area contributed by atoms with Gasteiger partial charge in [0.05, 0.1) is 0 Å². The van der Waals surface area contributed by atoms with Crippen molar-refractivity contribution in [1.82, 2.24) is 10.2 Å². The van der Waals surface area contributed by atoms with Crippen LogP contribution >= 0.6 is 11.6 Å². The first kappa shape index (κ1) is 18.4. The van der Waals surface area contributed by atoms with E-state index in [0.29, 0.717) is 5.02 Å². The number of rotatable bonds is 6. The number of nitrogens with one attached hydrogen (secondary N) is 1. The Morgan fingerprint density at radius 2 is 1.92 bits per heavy atom. The van der Waals surface area contributed by atoms with Gasteiger partial charge in [0, 0.05) is 30.5 Å². The number of carbonyl (C=O) groups is 2. The summed E-state index contributed by atoms with van der Waals surface area (Å²) in [5, 5.41) is 12.7. The quantitative estimate of drug-likeness (QED) is 0.817. The summed E-state index contributed by atoms with van der Waals surface area (Å²) in [5.74, 6) is -1.31. The molecule has 0 saturated heterocycles. The van der Waals surface area contributed by atoms with Crippen LogP contribution in [0.3, 0.4) is 0 Å². The highest BCUT2D eigenvalue weighted by atomic mass is 35.5. The molecule has 0 saturated carbocycles. The third-order valence-corrected chi connectivity index (χ3v) is 4.98. The van der Waals surface area contributed by atoms with Crippen molar-refractivity contribution in [3.05, 3.63) is 70.2 Å². The largest absolute Gasteiger partial charge is 0.480 e. The molecule has 3 rings (SSSR count). The lowest BCUT2D eigenvalue weighted by Crippen LogP contribution is -2.43. The normalized spacial score (nSPS) is 17.5.